The molecule has 0 unspecified atom stereocenters. The predicted octanol–water partition coefficient (Wildman–Crippen LogP) is 0.714. The van der Waals surface area contributed by atoms with Crippen LogP contribution >= 0.6 is 12.6 Å². The molecular weight excluding hydrogens is 160 g/mol. The van der Waals surface area contributed by atoms with E-state index in [1.807, 2.05) is 4.57 Å². The van der Waals surface area contributed by atoms with Crippen LogP contribution in [0.4, 0.5) is 0 Å². The minimum Gasteiger partial charge on any atom is -0.306 e. The van der Waals surface area contributed by atoms with Gasteiger partial charge < -0.3 is 4.57 Å². The fraction of sp³-hybridized carbons (Fsp3) is 0.167. The molecule has 0 aliphatic carbocycles. The molecule has 0 N–H and O–H groups in total. The first-order valence-corrected chi connectivity index (χ1v) is 3.77. The minimum atomic E-state index is 0.591. The Labute approximate surface area is 68.7 Å². The molecule has 2 aromatic rings. The number of aromatic nitrogens is 4. The Morgan fingerprint density at radius 3 is 3.18 bits per heavy atom. The lowest BCUT2D eigenvalue weighted by Gasteiger charge is -1.93. The highest BCUT2D eigenvalue weighted by Gasteiger charge is 1.99. The van der Waals surface area contributed by atoms with E-state index in [0.29, 0.717) is 5.88 Å². The first-order valence-electron chi connectivity index (χ1n) is 3.13. The first kappa shape index (κ1) is 6.60. The van der Waals surface area contributed by atoms with E-state index in [1.54, 1.807) is 12.5 Å². The first-order chi connectivity index (χ1) is 5.42. The molecule has 5 heteroatoms. The third kappa shape index (κ3) is 0.970. The predicted molar refractivity (Wildman–Crippen MR) is 44.3 cm³/mol. The Morgan fingerprint density at radius 1 is 1.45 bits per heavy atom. The summed E-state index contributed by atoms with van der Waals surface area (Å²) in [5.41, 5.74) is 1.64. The molecule has 11 heavy (non-hydrogen) atoms. The van der Waals surface area contributed by atoms with E-state index in [-0.39, 0.29) is 0 Å². The van der Waals surface area contributed by atoms with Crippen LogP contribution in [0.25, 0.3) is 11.2 Å². The van der Waals surface area contributed by atoms with Crippen LogP contribution in [0.3, 0.4) is 0 Å². The van der Waals surface area contributed by atoms with Crippen LogP contribution in [0.5, 0.6) is 0 Å². The Balaban J connectivity index is 2.76. The minimum absolute atomic E-state index is 0.591. The molecule has 56 valence electrons. The molecule has 2 aromatic heterocycles. The molecule has 0 fully saturated rings. The van der Waals surface area contributed by atoms with Gasteiger partial charge in [-0.05, 0) is 0 Å². The fourth-order valence-electron chi connectivity index (χ4n) is 0.918. The van der Waals surface area contributed by atoms with Gasteiger partial charge in [0.15, 0.2) is 5.65 Å². The largest absolute Gasteiger partial charge is 0.306 e. The van der Waals surface area contributed by atoms with E-state index in [1.165, 1.54) is 6.33 Å². The average molecular weight is 166 g/mol. The lowest BCUT2D eigenvalue weighted by molar-refractivity contribution is 0.910. The molecule has 2 rings (SSSR count). The molecule has 0 spiro atoms. The van der Waals surface area contributed by atoms with E-state index in [4.69, 9.17) is 0 Å². The lowest BCUT2D eigenvalue weighted by Crippen LogP contribution is -1.90. The zero-order chi connectivity index (χ0) is 7.68. The second-order valence-electron chi connectivity index (χ2n) is 2.09. The number of hydrogen-bond acceptors (Lipinski definition) is 4. The van der Waals surface area contributed by atoms with Crippen molar-refractivity contribution in [3.8, 4) is 0 Å². The zero-order valence-corrected chi connectivity index (χ0v) is 6.57. The van der Waals surface area contributed by atoms with Gasteiger partial charge in [-0.2, -0.15) is 12.6 Å². The zero-order valence-electron chi connectivity index (χ0n) is 5.68. The summed E-state index contributed by atoms with van der Waals surface area (Å²) >= 11 is 4.11. The van der Waals surface area contributed by atoms with Crippen molar-refractivity contribution in [3.63, 3.8) is 0 Å². The Kier molecular flexibility index (Phi) is 1.50. The third-order valence-corrected chi connectivity index (χ3v) is 1.74. The van der Waals surface area contributed by atoms with Crippen LogP contribution in [0.1, 0.15) is 0 Å². The van der Waals surface area contributed by atoms with Crippen LogP contribution in [0.2, 0.25) is 0 Å². The SMILES string of the molecule is SCn1cnc2cncnc21. The number of imidazole rings is 1. The molecule has 0 bridgehead atoms. The molecule has 0 aliphatic heterocycles. The summed E-state index contributed by atoms with van der Waals surface area (Å²) in [5.74, 6) is 0.591. The molecule has 0 atom stereocenters. The Morgan fingerprint density at radius 2 is 2.36 bits per heavy atom. The summed E-state index contributed by atoms with van der Waals surface area (Å²) < 4.78 is 1.85. The molecule has 0 saturated heterocycles. The average Bonchev–Trinajstić information content (AvgIpc) is 2.47. The van der Waals surface area contributed by atoms with Crippen LogP contribution < -0.4 is 0 Å². The number of nitrogens with zero attached hydrogens (tertiary/aromatic N) is 4. The van der Waals surface area contributed by atoms with Crippen molar-refractivity contribution >= 4 is 23.8 Å². The monoisotopic (exact) mass is 166 g/mol. The highest BCUT2D eigenvalue weighted by atomic mass is 32.1. The summed E-state index contributed by atoms with van der Waals surface area (Å²) in [6, 6.07) is 0. The molecular formula is C6H6N4S. The van der Waals surface area contributed by atoms with Gasteiger partial charge in [0.25, 0.3) is 0 Å². The third-order valence-electron chi connectivity index (χ3n) is 1.43. The number of rotatable bonds is 1. The normalized spacial score (nSPS) is 10.6. The van der Waals surface area contributed by atoms with E-state index in [9.17, 15) is 0 Å². The van der Waals surface area contributed by atoms with Gasteiger partial charge in [-0.25, -0.2) is 15.0 Å². The molecule has 0 radical (unpaired) electrons. The second kappa shape index (κ2) is 2.50. The summed E-state index contributed by atoms with van der Waals surface area (Å²) in [6.45, 7) is 0. The van der Waals surface area contributed by atoms with Crippen molar-refractivity contribution in [1.29, 1.82) is 0 Å². The summed E-state index contributed by atoms with van der Waals surface area (Å²) in [4.78, 5) is 12.0. The summed E-state index contributed by atoms with van der Waals surface area (Å²) in [7, 11) is 0. The highest BCUT2D eigenvalue weighted by molar-refractivity contribution is 7.79. The van der Waals surface area contributed by atoms with Crippen molar-refractivity contribution in [1.82, 2.24) is 19.5 Å². The topological polar surface area (TPSA) is 43.6 Å². The van der Waals surface area contributed by atoms with Gasteiger partial charge in [-0.3, -0.25) is 0 Å². The van der Waals surface area contributed by atoms with Crippen molar-refractivity contribution in [2.24, 2.45) is 0 Å². The van der Waals surface area contributed by atoms with E-state index in [0.717, 1.165) is 11.2 Å². The van der Waals surface area contributed by atoms with Crippen molar-refractivity contribution in [2.75, 3.05) is 0 Å². The van der Waals surface area contributed by atoms with Crippen molar-refractivity contribution in [3.05, 3.63) is 18.9 Å². The van der Waals surface area contributed by atoms with Gasteiger partial charge in [0, 0.05) is 0 Å². The number of hydrogen-bond donors (Lipinski definition) is 1. The van der Waals surface area contributed by atoms with Gasteiger partial charge >= 0.3 is 0 Å². The number of fused-ring (bicyclic) bond motifs is 1. The van der Waals surface area contributed by atoms with Crippen LogP contribution in [-0.4, -0.2) is 19.5 Å². The molecule has 0 aromatic carbocycles. The van der Waals surface area contributed by atoms with E-state index in [2.05, 4.69) is 27.6 Å². The Hall–Kier alpha value is -1.10. The van der Waals surface area contributed by atoms with Crippen LogP contribution in [0, 0.1) is 0 Å². The van der Waals surface area contributed by atoms with E-state index >= 15 is 0 Å². The van der Waals surface area contributed by atoms with Crippen molar-refractivity contribution < 1.29 is 0 Å². The number of thiol groups is 1. The molecule has 0 aliphatic rings. The smallest absolute Gasteiger partial charge is 0.163 e. The molecule has 0 amide bonds. The molecule has 0 saturated carbocycles. The highest BCUT2D eigenvalue weighted by Crippen LogP contribution is 2.06. The maximum absolute atomic E-state index is 4.11. The quantitative estimate of drug-likeness (QED) is 0.634. The lowest BCUT2D eigenvalue weighted by atomic mass is 10.6. The standard InChI is InChI=1S/C6H6N4S/c11-4-10-3-9-5-1-7-2-8-6(5)10/h1-3,11H,4H2. The van der Waals surface area contributed by atoms with Gasteiger partial charge in [0.1, 0.15) is 11.8 Å². The molecule has 2 heterocycles. The van der Waals surface area contributed by atoms with Crippen LogP contribution in [-0.2, 0) is 5.88 Å². The van der Waals surface area contributed by atoms with Crippen molar-refractivity contribution in [2.45, 2.75) is 5.88 Å². The molecule has 4 nitrogen and oxygen atoms in total. The second-order valence-corrected chi connectivity index (χ2v) is 2.37. The Bertz CT molecular complexity index is 369. The van der Waals surface area contributed by atoms with Gasteiger partial charge in [0.05, 0.1) is 18.4 Å². The summed E-state index contributed by atoms with van der Waals surface area (Å²) in [5, 5.41) is 0. The maximum atomic E-state index is 4.11. The summed E-state index contributed by atoms with van der Waals surface area (Å²) in [6.07, 6.45) is 4.89. The maximum Gasteiger partial charge on any atom is 0.163 e. The van der Waals surface area contributed by atoms with Gasteiger partial charge in [-0.15, -0.1) is 0 Å². The van der Waals surface area contributed by atoms with E-state index < -0.39 is 0 Å². The van der Waals surface area contributed by atoms with Gasteiger partial charge in [-0.1, -0.05) is 0 Å². The van der Waals surface area contributed by atoms with Gasteiger partial charge in [0.2, 0.25) is 0 Å². The van der Waals surface area contributed by atoms with Crippen LogP contribution in [0.15, 0.2) is 18.9 Å². The fourth-order valence-corrected chi connectivity index (χ4v) is 1.13.